The van der Waals surface area contributed by atoms with Crippen LogP contribution in [-0.2, 0) is 0 Å². The van der Waals surface area contributed by atoms with Crippen molar-refractivity contribution >= 4 is 99.3 Å². The summed E-state index contributed by atoms with van der Waals surface area (Å²) in [6.45, 7) is 4.46. The number of fused-ring (bicyclic) bond motifs is 8. The minimum absolute atomic E-state index is 1.12. The normalized spacial score (nSPS) is 11.4. The molecular weight excluding hydrogens is 1040 g/mol. The highest BCUT2D eigenvalue weighted by Crippen LogP contribution is 2.43. The fourth-order valence-corrected chi connectivity index (χ4v) is 13.0. The molecule has 0 amide bonds. The van der Waals surface area contributed by atoms with Crippen LogP contribution in [0.5, 0.6) is 0 Å². The molecule has 86 heavy (non-hydrogen) atoms. The van der Waals surface area contributed by atoms with Gasteiger partial charge in [0.25, 0.3) is 0 Å². The largest absolute Gasteiger partial charge is 0.310 e. The van der Waals surface area contributed by atoms with Crippen LogP contribution in [0.25, 0.3) is 98.8 Å². The molecule has 0 unspecified atom stereocenters. The summed E-state index contributed by atoms with van der Waals surface area (Å²) in [7, 11) is 0. The van der Waals surface area contributed by atoms with Crippen LogP contribution in [0.2, 0.25) is 0 Å². The third kappa shape index (κ3) is 9.31. The molecule has 0 fully saturated rings. The number of benzene rings is 14. The first-order chi connectivity index (χ1) is 42.5. The second kappa shape index (κ2) is 22.2. The van der Waals surface area contributed by atoms with Gasteiger partial charge in [0.15, 0.2) is 0 Å². The van der Waals surface area contributed by atoms with E-state index in [1.807, 2.05) is 0 Å². The van der Waals surface area contributed by atoms with E-state index in [4.69, 9.17) is 0 Å². The first kappa shape index (κ1) is 51.7. The van der Waals surface area contributed by atoms with Crippen LogP contribution in [0.4, 0.5) is 34.1 Å². The van der Waals surface area contributed by atoms with Gasteiger partial charge < -0.3 is 18.9 Å². The van der Waals surface area contributed by atoms with Gasteiger partial charge in [-0.2, -0.15) is 0 Å². The average Bonchev–Trinajstić information content (AvgIpc) is 1.91. The Balaban J connectivity index is 0.000000147. The molecule has 4 nitrogen and oxygen atoms in total. The maximum atomic E-state index is 2.39. The van der Waals surface area contributed by atoms with E-state index in [0.29, 0.717) is 0 Å². The number of nitrogens with zero attached hydrogens (tertiary/aromatic N) is 4. The number of para-hydroxylation sites is 6. The number of aryl methyl sites for hydroxylation is 2. The Labute approximate surface area is 501 Å². The summed E-state index contributed by atoms with van der Waals surface area (Å²) in [6, 6.07) is 118. The molecule has 4 heteroatoms. The molecule has 0 aliphatic carbocycles. The molecule has 0 bridgehead atoms. The van der Waals surface area contributed by atoms with Crippen LogP contribution in [0, 0.1) is 13.8 Å². The molecule has 0 N–H and O–H groups in total. The Morgan fingerprint density at radius 3 is 0.872 bits per heavy atom. The van der Waals surface area contributed by atoms with Crippen LogP contribution in [0.15, 0.2) is 328 Å². The predicted molar refractivity (Wildman–Crippen MR) is 366 cm³/mol. The number of aromatic nitrogens is 2. The van der Waals surface area contributed by atoms with Gasteiger partial charge in [-0.3, -0.25) is 0 Å². The third-order valence-corrected chi connectivity index (χ3v) is 17.0. The maximum Gasteiger partial charge on any atom is 0.0541 e. The molecule has 0 aliphatic heterocycles. The molecule has 408 valence electrons. The molecule has 16 aromatic rings. The number of hydrogen-bond acceptors (Lipinski definition) is 2. The lowest BCUT2D eigenvalue weighted by Gasteiger charge is -2.27. The summed E-state index contributed by atoms with van der Waals surface area (Å²) in [4.78, 5) is 4.69. The van der Waals surface area contributed by atoms with Crippen LogP contribution >= 0.6 is 0 Å². The van der Waals surface area contributed by atoms with E-state index in [1.54, 1.807) is 0 Å². The molecular formula is C82H60N4. The Morgan fingerprint density at radius 2 is 0.523 bits per heavy atom. The first-order valence-corrected chi connectivity index (χ1v) is 29.6. The van der Waals surface area contributed by atoms with Gasteiger partial charge in [0.05, 0.1) is 33.4 Å². The zero-order valence-corrected chi connectivity index (χ0v) is 48.0. The van der Waals surface area contributed by atoms with Crippen LogP contribution < -0.4 is 9.80 Å². The lowest BCUT2D eigenvalue weighted by Crippen LogP contribution is -2.10. The smallest absolute Gasteiger partial charge is 0.0541 e. The summed E-state index contributed by atoms with van der Waals surface area (Å²) in [6.07, 6.45) is 0. The Kier molecular flexibility index (Phi) is 13.3. The first-order valence-electron chi connectivity index (χ1n) is 29.6. The summed E-state index contributed by atoms with van der Waals surface area (Å²) in [5, 5.41) is 10.1. The summed E-state index contributed by atoms with van der Waals surface area (Å²) >= 11 is 0. The second-order valence-corrected chi connectivity index (χ2v) is 22.2. The quantitative estimate of drug-likeness (QED) is 0.136. The van der Waals surface area contributed by atoms with Crippen molar-refractivity contribution in [3.63, 3.8) is 0 Å². The van der Waals surface area contributed by atoms with Crippen molar-refractivity contribution in [3.05, 3.63) is 339 Å². The number of anilines is 6. The van der Waals surface area contributed by atoms with E-state index in [0.717, 1.165) is 34.1 Å². The standard InChI is InChI=1S/C44H32N2.C38H28N2/c1-3-17-37(18-4-1)45(43-23-11-15-35-13-7-9-21-41(35)43)39-29-25-33(26-30-39)34-27-31-40(32-28-34)46(38-19-5-2-6-20-38)44-24-12-16-36-14-8-10-22-42(36)44;1-25-23-27(39-35-15-7-3-11-31(35)32-12-4-8-16-36(32)39)19-21-29(25)30-22-20-28(24-26(30)2)40-37-17-9-5-13-33(37)34-14-6-10-18-38(34)40/h1-32H;3-24H,1-2H3. The highest BCUT2D eigenvalue weighted by atomic mass is 15.1. The fourth-order valence-electron chi connectivity index (χ4n) is 13.0. The molecule has 2 heterocycles. The van der Waals surface area contributed by atoms with Crippen molar-refractivity contribution in [2.75, 3.05) is 9.80 Å². The van der Waals surface area contributed by atoms with Crippen molar-refractivity contribution in [2.24, 2.45) is 0 Å². The molecule has 16 rings (SSSR count). The van der Waals surface area contributed by atoms with Crippen LogP contribution in [-0.4, -0.2) is 9.13 Å². The minimum atomic E-state index is 1.12. The number of hydrogen-bond donors (Lipinski definition) is 0. The Hall–Kier alpha value is -11.2. The number of rotatable bonds is 10. The molecule has 0 saturated carbocycles. The molecule has 14 aromatic carbocycles. The van der Waals surface area contributed by atoms with Crippen molar-refractivity contribution in [1.29, 1.82) is 0 Å². The van der Waals surface area contributed by atoms with E-state index in [9.17, 15) is 0 Å². The van der Waals surface area contributed by atoms with Gasteiger partial charge >= 0.3 is 0 Å². The predicted octanol–water partition coefficient (Wildman–Crippen LogP) is 22.8. The minimum Gasteiger partial charge on any atom is -0.310 e. The monoisotopic (exact) mass is 1100 g/mol. The zero-order chi connectivity index (χ0) is 57.5. The molecule has 2 aromatic heterocycles. The summed E-state index contributed by atoms with van der Waals surface area (Å²) < 4.78 is 4.78. The van der Waals surface area contributed by atoms with Crippen LogP contribution in [0.3, 0.4) is 0 Å². The molecule has 0 saturated heterocycles. The van der Waals surface area contributed by atoms with E-state index in [2.05, 4.69) is 360 Å². The van der Waals surface area contributed by atoms with Gasteiger partial charge in [0.2, 0.25) is 0 Å². The molecule has 0 aliphatic rings. The van der Waals surface area contributed by atoms with Gasteiger partial charge in [0, 0.05) is 66.4 Å². The van der Waals surface area contributed by atoms with E-state index in [-0.39, 0.29) is 0 Å². The van der Waals surface area contributed by atoms with Crippen molar-refractivity contribution in [3.8, 4) is 33.6 Å². The molecule has 0 spiro atoms. The maximum absolute atomic E-state index is 2.39. The van der Waals surface area contributed by atoms with Crippen LogP contribution in [0.1, 0.15) is 11.1 Å². The summed E-state index contributed by atoms with van der Waals surface area (Å²) in [5.41, 5.74) is 21.6. The zero-order valence-electron chi connectivity index (χ0n) is 48.0. The van der Waals surface area contributed by atoms with E-state index in [1.165, 1.54) is 110 Å². The summed E-state index contributed by atoms with van der Waals surface area (Å²) in [5.74, 6) is 0. The van der Waals surface area contributed by atoms with Crippen molar-refractivity contribution in [2.45, 2.75) is 13.8 Å². The van der Waals surface area contributed by atoms with Gasteiger partial charge in [-0.25, -0.2) is 0 Å². The SMILES string of the molecule is Cc1cc(-n2c3ccccc3c3ccccc32)ccc1-c1ccc(-n2c3ccccc3c3ccccc32)cc1C.c1ccc(N(c2ccc(-c3ccc(N(c4ccccc4)c4cccc5ccccc45)cc3)cc2)c2cccc3ccccc23)cc1. The lowest BCUT2D eigenvalue weighted by molar-refractivity contribution is 1.16. The highest BCUT2D eigenvalue weighted by molar-refractivity contribution is 6.10. The highest BCUT2D eigenvalue weighted by Gasteiger charge is 2.20. The van der Waals surface area contributed by atoms with E-state index < -0.39 is 0 Å². The third-order valence-electron chi connectivity index (χ3n) is 17.0. The fraction of sp³-hybridized carbons (Fsp3) is 0.0244. The van der Waals surface area contributed by atoms with Crippen molar-refractivity contribution in [1.82, 2.24) is 9.13 Å². The Bertz CT molecular complexity index is 4690. The molecule has 0 atom stereocenters. The topological polar surface area (TPSA) is 16.3 Å². The molecule has 0 radical (unpaired) electrons. The average molecular weight is 1100 g/mol. The second-order valence-electron chi connectivity index (χ2n) is 22.2. The van der Waals surface area contributed by atoms with Gasteiger partial charge in [-0.05, 0) is 167 Å². The van der Waals surface area contributed by atoms with Crippen molar-refractivity contribution < 1.29 is 0 Å². The van der Waals surface area contributed by atoms with Gasteiger partial charge in [-0.1, -0.05) is 218 Å². The lowest BCUT2D eigenvalue weighted by atomic mass is 9.95. The van der Waals surface area contributed by atoms with Gasteiger partial charge in [-0.15, -0.1) is 0 Å². The Morgan fingerprint density at radius 1 is 0.233 bits per heavy atom. The van der Waals surface area contributed by atoms with E-state index >= 15 is 0 Å². The van der Waals surface area contributed by atoms with Gasteiger partial charge in [0.1, 0.15) is 0 Å².